The third kappa shape index (κ3) is 5.63. The van der Waals surface area contributed by atoms with Gasteiger partial charge < -0.3 is 29.6 Å². The highest BCUT2D eigenvalue weighted by molar-refractivity contribution is 5.93. The number of amides is 2. The van der Waals surface area contributed by atoms with Crippen LogP contribution >= 0.6 is 0 Å². The minimum Gasteiger partial charge on any atom is -0.496 e. The standard InChI is InChI=1S/C21H24N2O7/c1-27-17-7-5-13(9-15(17)19(24)29-3)11-22-21(26)23-12-14-6-8-18(28-2)16(10-14)20(25)30-4/h5-10H,11-12H2,1-4H3,(H2,22,23,26). The molecule has 2 N–H and O–H groups in total. The van der Waals surface area contributed by atoms with Crippen molar-refractivity contribution >= 4 is 18.0 Å². The summed E-state index contributed by atoms with van der Waals surface area (Å²) in [5, 5.41) is 5.41. The Hall–Kier alpha value is -3.75. The minimum absolute atomic E-state index is 0.190. The Morgan fingerprint density at radius 3 is 1.43 bits per heavy atom. The summed E-state index contributed by atoms with van der Waals surface area (Å²) < 4.78 is 19.8. The van der Waals surface area contributed by atoms with Gasteiger partial charge >= 0.3 is 18.0 Å². The maximum Gasteiger partial charge on any atom is 0.341 e. The molecule has 9 heteroatoms. The zero-order valence-electron chi connectivity index (χ0n) is 17.2. The predicted octanol–water partition coefficient (Wildman–Crippen LogP) is 2.28. The maximum atomic E-state index is 12.1. The van der Waals surface area contributed by atoms with Crippen LogP contribution in [0.2, 0.25) is 0 Å². The molecule has 30 heavy (non-hydrogen) atoms. The van der Waals surface area contributed by atoms with E-state index < -0.39 is 18.0 Å². The Morgan fingerprint density at radius 2 is 1.10 bits per heavy atom. The number of hydrogen-bond donors (Lipinski definition) is 2. The summed E-state index contributed by atoms with van der Waals surface area (Å²) in [7, 11) is 5.48. The quantitative estimate of drug-likeness (QED) is 0.635. The molecule has 0 aliphatic heterocycles. The van der Waals surface area contributed by atoms with Crippen LogP contribution in [0.4, 0.5) is 4.79 Å². The molecular weight excluding hydrogens is 392 g/mol. The van der Waals surface area contributed by atoms with Crippen molar-refractivity contribution < 1.29 is 33.3 Å². The predicted molar refractivity (Wildman–Crippen MR) is 108 cm³/mol. The van der Waals surface area contributed by atoms with E-state index in [1.165, 1.54) is 28.4 Å². The summed E-state index contributed by atoms with van der Waals surface area (Å²) in [6, 6.07) is 9.50. The number of methoxy groups -OCH3 is 4. The lowest BCUT2D eigenvalue weighted by atomic mass is 10.1. The van der Waals surface area contributed by atoms with Crippen LogP contribution in [0.5, 0.6) is 11.5 Å². The fraction of sp³-hybridized carbons (Fsp3) is 0.286. The molecule has 0 saturated heterocycles. The van der Waals surface area contributed by atoms with Crippen LogP contribution in [-0.4, -0.2) is 46.4 Å². The van der Waals surface area contributed by atoms with Gasteiger partial charge in [0.05, 0.1) is 28.4 Å². The second-order valence-corrected chi connectivity index (χ2v) is 6.09. The molecule has 0 bridgehead atoms. The Balaban J connectivity index is 1.97. The zero-order valence-corrected chi connectivity index (χ0v) is 17.2. The molecule has 0 spiro atoms. The molecule has 0 aliphatic carbocycles. The van der Waals surface area contributed by atoms with Crippen LogP contribution in [0.3, 0.4) is 0 Å². The lowest BCUT2D eigenvalue weighted by Gasteiger charge is -2.12. The summed E-state index contributed by atoms with van der Waals surface area (Å²) in [5.41, 5.74) is 1.94. The van der Waals surface area contributed by atoms with Crippen molar-refractivity contribution in [3.05, 3.63) is 58.7 Å². The Kier molecular flexibility index (Phi) is 8.04. The lowest BCUT2D eigenvalue weighted by molar-refractivity contribution is 0.0588. The van der Waals surface area contributed by atoms with Gasteiger partial charge in [0.25, 0.3) is 0 Å². The Labute approximate surface area is 174 Å². The zero-order chi connectivity index (χ0) is 22.1. The van der Waals surface area contributed by atoms with Gasteiger partial charge in [-0.25, -0.2) is 14.4 Å². The number of carbonyl (C=O) groups is 3. The van der Waals surface area contributed by atoms with E-state index in [-0.39, 0.29) is 24.2 Å². The average molecular weight is 416 g/mol. The van der Waals surface area contributed by atoms with Gasteiger partial charge in [-0.1, -0.05) is 12.1 Å². The molecule has 9 nitrogen and oxygen atoms in total. The number of esters is 2. The summed E-state index contributed by atoms with van der Waals surface area (Å²) in [4.78, 5) is 35.8. The molecule has 0 aromatic heterocycles. The van der Waals surface area contributed by atoms with Crippen molar-refractivity contribution in [3.8, 4) is 11.5 Å². The van der Waals surface area contributed by atoms with E-state index in [9.17, 15) is 14.4 Å². The largest absolute Gasteiger partial charge is 0.496 e. The normalized spacial score (nSPS) is 10.0. The molecule has 0 unspecified atom stereocenters. The van der Waals surface area contributed by atoms with Gasteiger partial charge in [-0.15, -0.1) is 0 Å². The van der Waals surface area contributed by atoms with Crippen LogP contribution in [0.1, 0.15) is 31.8 Å². The minimum atomic E-state index is -0.529. The van der Waals surface area contributed by atoms with Crippen molar-refractivity contribution in [2.45, 2.75) is 13.1 Å². The van der Waals surface area contributed by atoms with E-state index in [1.54, 1.807) is 36.4 Å². The van der Waals surface area contributed by atoms with E-state index >= 15 is 0 Å². The van der Waals surface area contributed by atoms with Crippen LogP contribution in [0.25, 0.3) is 0 Å². The van der Waals surface area contributed by atoms with E-state index in [2.05, 4.69) is 10.6 Å². The third-order valence-corrected chi connectivity index (χ3v) is 4.24. The summed E-state index contributed by atoms with van der Waals surface area (Å²) in [5.74, 6) is -0.287. The molecule has 0 radical (unpaired) electrons. The molecule has 2 amide bonds. The molecule has 160 valence electrons. The van der Waals surface area contributed by atoms with Gasteiger partial charge in [0, 0.05) is 13.1 Å². The second-order valence-electron chi connectivity index (χ2n) is 6.09. The highest BCUT2D eigenvalue weighted by Gasteiger charge is 2.15. The Morgan fingerprint density at radius 1 is 0.700 bits per heavy atom. The highest BCUT2D eigenvalue weighted by atomic mass is 16.5. The fourth-order valence-electron chi connectivity index (χ4n) is 2.70. The van der Waals surface area contributed by atoms with Gasteiger partial charge in [0.1, 0.15) is 22.6 Å². The first-order chi connectivity index (χ1) is 14.4. The van der Waals surface area contributed by atoms with Crippen LogP contribution < -0.4 is 20.1 Å². The molecule has 0 heterocycles. The second kappa shape index (κ2) is 10.7. The number of hydrogen-bond acceptors (Lipinski definition) is 7. The number of benzene rings is 2. The molecule has 2 aromatic rings. The third-order valence-electron chi connectivity index (χ3n) is 4.24. The van der Waals surface area contributed by atoms with Crippen molar-refractivity contribution in [1.82, 2.24) is 10.6 Å². The van der Waals surface area contributed by atoms with Gasteiger partial charge in [0.15, 0.2) is 0 Å². The van der Waals surface area contributed by atoms with E-state index in [4.69, 9.17) is 18.9 Å². The van der Waals surface area contributed by atoms with Crippen molar-refractivity contribution in [3.63, 3.8) is 0 Å². The van der Waals surface area contributed by atoms with Gasteiger partial charge in [0.2, 0.25) is 0 Å². The molecule has 0 saturated carbocycles. The summed E-state index contributed by atoms with van der Waals surface area (Å²) >= 11 is 0. The number of rotatable bonds is 8. The van der Waals surface area contributed by atoms with Gasteiger partial charge in [-0.2, -0.15) is 0 Å². The van der Waals surface area contributed by atoms with Gasteiger partial charge in [-0.05, 0) is 35.4 Å². The van der Waals surface area contributed by atoms with Crippen LogP contribution in [0.15, 0.2) is 36.4 Å². The molecule has 0 aliphatic rings. The smallest absolute Gasteiger partial charge is 0.341 e. The highest BCUT2D eigenvalue weighted by Crippen LogP contribution is 2.21. The van der Waals surface area contributed by atoms with E-state index in [1.807, 2.05) is 0 Å². The maximum absolute atomic E-state index is 12.1. The van der Waals surface area contributed by atoms with Crippen molar-refractivity contribution in [2.75, 3.05) is 28.4 Å². The number of carbonyl (C=O) groups excluding carboxylic acids is 3. The monoisotopic (exact) mass is 416 g/mol. The molecule has 0 atom stereocenters. The first-order valence-corrected chi connectivity index (χ1v) is 8.95. The van der Waals surface area contributed by atoms with Crippen LogP contribution in [0, 0.1) is 0 Å². The van der Waals surface area contributed by atoms with Crippen LogP contribution in [-0.2, 0) is 22.6 Å². The first kappa shape index (κ1) is 22.5. The van der Waals surface area contributed by atoms with Crippen molar-refractivity contribution in [1.29, 1.82) is 0 Å². The van der Waals surface area contributed by atoms with Crippen molar-refractivity contribution in [2.24, 2.45) is 0 Å². The average Bonchev–Trinajstić information content (AvgIpc) is 2.79. The molecule has 0 fully saturated rings. The Bertz CT molecular complexity index is 854. The number of urea groups is 1. The number of ether oxygens (including phenoxy) is 4. The summed E-state index contributed by atoms with van der Waals surface area (Å²) in [6.07, 6.45) is 0. The lowest BCUT2D eigenvalue weighted by Crippen LogP contribution is -2.34. The first-order valence-electron chi connectivity index (χ1n) is 8.95. The topological polar surface area (TPSA) is 112 Å². The van der Waals surface area contributed by atoms with E-state index in [0.717, 1.165) is 0 Å². The van der Waals surface area contributed by atoms with E-state index in [0.29, 0.717) is 22.6 Å². The molecule has 2 aromatic carbocycles. The molecule has 2 rings (SSSR count). The molecular formula is C21H24N2O7. The fourth-order valence-corrected chi connectivity index (χ4v) is 2.70. The van der Waals surface area contributed by atoms with Gasteiger partial charge in [-0.3, -0.25) is 0 Å². The SMILES string of the molecule is COC(=O)c1cc(CNC(=O)NCc2ccc(OC)c(C(=O)OC)c2)ccc1OC. The number of nitrogens with one attached hydrogen (secondary N) is 2. The summed E-state index contributed by atoms with van der Waals surface area (Å²) in [6.45, 7) is 0.381.